The van der Waals surface area contributed by atoms with Crippen LogP contribution >= 0.6 is 0 Å². The zero-order valence-electron chi connectivity index (χ0n) is 18.4. The van der Waals surface area contributed by atoms with Crippen LogP contribution in [0, 0.1) is 0 Å². The van der Waals surface area contributed by atoms with E-state index in [0.29, 0.717) is 17.9 Å². The summed E-state index contributed by atoms with van der Waals surface area (Å²) < 4.78 is 40.1. The van der Waals surface area contributed by atoms with E-state index in [2.05, 4.69) is 6.92 Å². The predicted octanol–water partition coefficient (Wildman–Crippen LogP) is 3.85. The monoisotopic (exact) mass is 440 g/mol. The van der Waals surface area contributed by atoms with Gasteiger partial charge >= 0.3 is 29.6 Å². The number of hydrogen-bond donors (Lipinski definition) is 0. The molecular formula is C24H33NaO4S. The van der Waals surface area contributed by atoms with Crippen LogP contribution in [0.3, 0.4) is 0 Å². The van der Waals surface area contributed by atoms with Gasteiger partial charge in [0.1, 0.15) is 21.6 Å². The fraction of sp³-hybridized carbons (Fsp3) is 0.500. The summed E-state index contributed by atoms with van der Waals surface area (Å²) in [6, 6.07) is 13.7. The Balaban J connectivity index is 0.00000450. The van der Waals surface area contributed by atoms with Crippen LogP contribution in [-0.2, 0) is 16.5 Å². The third-order valence-electron chi connectivity index (χ3n) is 5.09. The van der Waals surface area contributed by atoms with Crippen LogP contribution in [0.4, 0.5) is 0 Å². The summed E-state index contributed by atoms with van der Waals surface area (Å²) in [6.07, 6.45) is 13.1. The van der Waals surface area contributed by atoms with E-state index in [1.165, 1.54) is 63.5 Å². The minimum atomic E-state index is -4.47. The number of para-hydroxylation sites is 1. The number of hydrogen-bond acceptors (Lipinski definition) is 4. The summed E-state index contributed by atoms with van der Waals surface area (Å²) in [4.78, 5) is -0.194. The van der Waals surface area contributed by atoms with Crippen molar-refractivity contribution >= 4 is 10.1 Å². The second kappa shape index (κ2) is 15.0. The van der Waals surface area contributed by atoms with E-state index in [9.17, 15) is 13.0 Å². The molecule has 0 saturated carbocycles. The maximum atomic E-state index is 11.4. The first kappa shape index (κ1) is 27.2. The Morgan fingerprint density at radius 1 is 0.800 bits per heavy atom. The van der Waals surface area contributed by atoms with Gasteiger partial charge in [0.25, 0.3) is 0 Å². The SMILES string of the molecule is CCCCCCCCCCCCc1cc(S(=O)(=O)[O-])ccc1Oc1ccccc1.[Na+]. The average molecular weight is 441 g/mol. The van der Waals surface area contributed by atoms with Gasteiger partial charge in [0.05, 0.1) is 4.90 Å². The van der Waals surface area contributed by atoms with Gasteiger partial charge in [-0.2, -0.15) is 0 Å². The van der Waals surface area contributed by atoms with Crippen LogP contribution in [0.2, 0.25) is 0 Å². The molecule has 6 heteroatoms. The molecule has 30 heavy (non-hydrogen) atoms. The molecular weight excluding hydrogens is 407 g/mol. The average Bonchev–Trinajstić information content (AvgIpc) is 2.70. The fourth-order valence-electron chi connectivity index (χ4n) is 3.42. The van der Waals surface area contributed by atoms with Gasteiger partial charge in [-0.15, -0.1) is 0 Å². The normalized spacial score (nSPS) is 11.1. The minimum Gasteiger partial charge on any atom is -0.744 e. The Labute approximate surface area is 204 Å². The molecule has 0 bridgehead atoms. The molecule has 4 nitrogen and oxygen atoms in total. The second-order valence-corrected chi connectivity index (χ2v) is 8.95. The first-order chi connectivity index (χ1) is 14.0. The number of ether oxygens (including phenoxy) is 1. The molecule has 2 aromatic carbocycles. The van der Waals surface area contributed by atoms with Crippen molar-refractivity contribution in [1.29, 1.82) is 0 Å². The van der Waals surface area contributed by atoms with Crippen molar-refractivity contribution in [2.75, 3.05) is 0 Å². The van der Waals surface area contributed by atoms with Crippen LogP contribution in [0.1, 0.15) is 76.7 Å². The van der Waals surface area contributed by atoms with Crippen molar-refractivity contribution in [3.05, 3.63) is 54.1 Å². The maximum absolute atomic E-state index is 11.4. The number of benzene rings is 2. The molecule has 0 saturated heterocycles. The summed E-state index contributed by atoms with van der Waals surface area (Å²) in [5.41, 5.74) is 0.769. The Kier molecular flexibility index (Phi) is 13.6. The van der Waals surface area contributed by atoms with Crippen LogP contribution in [0.25, 0.3) is 0 Å². The summed E-state index contributed by atoms with van der Waals surface area (Å²) in [5.74, 6) is 1.30. The van der Waals surface area contributed by atoms with E-state index in [-0.39, 0.29) is 34.5 Å². The standard InChI is InChI=1S/C24H34O4S.Na/c1-2-3-4-5-6-7-8-9-10-12-15-21-20-23(29(25,26)27)18-19-24(21)28-22-16-13-11-14-17-22;/h11,13-14,16-20H,2-10,12,15H2,1H3,(H,25,26,27);/q;+1/p-1. The number of aryl methyl sites for hydroxylation is 1. The Morgan fingerprint density at radius 3 is 1.93 bits per heavy atom. The number of unbranched alkanes of at least 4 members (excludes halogenated alkanes) is 9. The van der Waals surface area contributed by atoms with Gasteiger partial charge in [-0.05, 0) is 48.7 Å². The Morgan fingerprint density at radius 2 is 1.37 bits per heavy atom. The van der Waals surface area contributed by atoms with Gasteiger partial charge in [0.2, 0.25) is 0 Å². The largest absolute Gasteiger partial charge is 1.00 e. The van der Waals surface area contributed by atoms with Crippen molar-refractivity contribution in [3.63, 3.8) is 0 Å². The van der Waals surface area contributed by atoms with Crippen molar-refractivity contribution in [3.8, 4) is 11.5 Å². The predicted molar refractivity (Wildman–Crippen MR) is 116 cm³/mol. The van der Waals surface area contributed by atoms with E-state index >= 15 is 0 Å². The first-order valence-corrected chi connectivity index (χ1v) is 12.2. The minimum absolute atomic E-state index is 0. The second-order valence-electron chi connectivity index (χ2n) is 7.57. The smallest absolute Gasteiger partial charge is 0.744 e. The van der Waals surface area contributed by atoms with Crippen molar-refractivity contribution < 1.29 is 47.3 Å². The molecule has 160 valence electrons. The molecule has 0 aliphatic carbocycles. The first-order valence-electron chi connectivity index (χ1n) is 10.8. The van der Waals surface area contributed by atoms with Gasteiger partial charge in [0, 0.05) is 0 Å². The maximum Gasteiger partial charge on any atom is 1.00 e. The molecule has 0 aliphatic heterocycles. The Bertz CT molecular complexity index is 822. The van der Waals surface area contributed by atoms with Crippen LogP contribution in [-0.4, -0.2) is 13.0 Å². The van der Waals surface area contributed by atoms with E-state index < -0.39 is 10.1 Å². The molecule has 0 aliphatic rings. The van der Waals surface area contributed by atoms with Gasteiger partial charge in [-0.3, -0.25) is 0 Å². The van der Waals surface area contributed by atoms with Crippen molar-refractivity contribution in [2.24, 2.45) is 0 Å². The molecule has 2 rings (SSSR count). The van der Waals surface area contributed by atoms with Gasteiger partial charge in [-0.1, -0.05) is 82.9 Å². The topological polar surface area (TPSA) is 66.4 Å². The van der Waals surface area contributed by atoms with Crippen molar-refractivity contribution in [1.82, 2.24) is 0 Å². The van der Waals surface area contributed by atoms with E-state index in [1.54, 1.807) is 6.07 Å². The Hall–Kier alpha value is -0.850. The van der Waals surface area contributed by atoms with Gasteiger partial charge < -0.3 is 9.29 Å². The molecule has 0 radical (unpaired) electrons. The molecule has 0 atom stereocenters. The molecule has 2 aromatic rings. The molecule has 0 N–H and O–H groups in total. The molecule has 0 amide bonds. The quantitative estimate of drug-likeness (QED) is 0.254. The summed E-state index contributed by atoms with van der Waals surface area (Å²) in [5, 5.41) is 0. The molecule has 0 aromatic heterocycles. The number of rotatable bonds is 14. The molecule has 0 heterocycles. The molecule has 0 spiro atoms. The fourth-order valence-corrected chi connectivity index (χ4v) is 3.95. The van der Waals surface area contributed by atoms with Crippen LogP contribution in [0.5, 0.6) is 11.5 Å². The van der Waals surface area contributed by atoms with Crippen LogP contribution < -0.4 is 34.3 Å². The van der Waals surface area contributed by atoms with Crippen LogP contribution in [0.15, 0.2) is 53.4 Å². The zero-order valence-corrected chi connectivity index (χ0v) is 21.3. The summed E-state index contributed by atoms with van der Waals surface area (Å²) in [7, 11) is -4.47. The summed E-state index contributed by atoms with van der Waals surface area (Å²) in [6.45, 7) is 2.23. The van der Waals surface area contributed by atoms with Gasteiger partial charge in [-0.25, -0.2) is 8.42 Å². The van der Waals surface area contributed by atoms with E-state index in [1.807, 2.05) is 30.3 Å². The van der Waals surface area contributed by atoms with E-state index in [4.69, 9.17) is 4.74 Å². The summed E-state index contributed by atoms with van der Waals surface area (Å²) >= 11 is 0. The van der Waals surface area contributed by atoms with E-state index in [0.717, 1.165) is 18.4 Å². The third-order valence-corrected chi connectivity index (χ3v) is 5.92. The van der Waals surface area contributed by atoms with Gasteiger partial charge in [0.15, 0.2) is 0 Å². The molecule has 0 unspecified atom stereocenters. The van der Waals surface area contributed by atoms with Crippen molar-refractivity contribution in [2.45, 2.75) is 82.4 Å². The zero-order chi connectivity index (χ0) is 21.0. The molecule has 0 fully saturated rings. The third kappa shape index (κ3) is 10.5.